The van der Waals surface area contributed by atoms with Gasteiger partial charge in [0, 0.05) is 19.3 Å². The minimum absolute atomic E-state index is 0.752. The molecule has 0 amide bonds. The van der Waals surface area contributed by atoms with Crippen molar-refractivity contribution in [3.63, 3.8) is 0 Å². The minimum Gasteiger partial charge on any atom is -0.399 e. The summed E-state index contributed by atoms with van der Waals surface area (Å²) in [6.07, 6.45) is 0. The van der Waals surface area contributed by atoms with E-state index in [1.54, 1.807) is 12.2 Å². The van der Waals surface area contributed by atoms with E-state index in [4.69, 9.17) is 10.6 Å². The van der Waals surface area contributed by atoms with Crippen LogP contribution in [-0.2, 0) is 11.4 Å². The van der Waals surface area contributed by atoms with E-state index in [1.807, 2.05) is 31.3 Å². The van der Waals surface area contributed by atoms with Crippen LogP contribution < -0.4 is 5.73 Å². The predicted octanol–water partition coefficient (Wildman–Crippen LogP) is 1.26. The largest absolute Gasteiger partial charge is 0.399 e. The molecule has 0 aliphatic carbocycles. The second kappa shape index (κ2) is 4.09. The van der Waals surface area contributed by atoms with E-state index in [-0.39, 0.29) is 0 Å². The summed E-state index contributed by atoms with van der Waals surface area (Å²) in [4.78, 5) is 4.99. The third-order valence-corrected chi connectivity index (χ3v) is 1.67. The maximum Gasteiger partial charge on any atom is 0.0575 e. The van der Waals surface area contributed by atoms with Gasteiger partial charge in [-0.2, -0.15) is 5.06 Å². The van der Waals surface area contributed by atoms with E-state index >= 15 is 0 Å². The Hall–Kier alpha value is -1.06. The molecular formula is C9H14N2O. The van der Waals surface area contributed by atoms with Gasteiger partial charge in [0.15, 0.2) is 0 Å². The molecule has 0 radical (unpaired) electrons. The standard InChI is InChI=1S/C9H14N2O/c1-11(12-2)7-8-4-3-5-9(10)6-8/h3-6H,7,10H2,1-2H3. The van der Waals surface area contributed by atoms with Crippen LogP contribution in [0.2, 0.25) is 0 Å². The Bertz CT molecular complexity index is 250. The van der Waals surface area contributed by atoms with Gasteiger partial charge in [0.1, 0.15) is 0 Å². The highest BCUT2D eigenvalue weighted by Gasteiger charge is 1.97. The number of nitrogens with two attached hydrogens (primary N) is 1. The number of anilines is 1. The molecule has 0 atom stereocenters. The van der Waals surface area contributed by atoms with Crippen LogP contribution in [0.3, 0.4) is 0 Å². The number of nitrogens with zero attached hydrogens (tertiary/aromatic N) is 1. The molecule has 3 heteroatoms. The monoisotopic (exact) mass is 166 g/mol. The molecule has 0 aliphatic heterocycles. The first-order valence-corrected chi connectivity index (χ1v) is 3.82. The minimum atomic E-state index is 0.752. The van der Waals surface area contributed by atoms with Gasteiger partial charge >= 0.3 is 0 Å². The van der Waals surface area contributed by atoms with Crippen LogP contribution in [0.5, 0.6) is 0 Å². The van der Waals surface area contributed by atoms with Gasteiger partial charge in [0.05, 0.1) is 7.11 Å². The average Bonchev–Trinajstić information content (AvgIpc) is 2.04. The Labute approximate surface area is 72.7 Å². The lowest BCUT2D eigenvalue weighted by atomic mass is 10.2. The first-order chi connectivity index (χ1) is 5.72. The quantitative estimate of drug-likeness (QED) is 0.542. The number of hydrogen-bond acceptors (Lipinski definition) is 3. The van der Waals surface area contributed by atoms with Crippen LogP contribution in [0.4, 0.5) is 5.69 Å². The molecule has 1 aromatic rings. The van der Waals surface area contributed by atoms with Crippen molar-refractivity contribution in [3.8, 4) is 0 Å². The first-order valence-electron chi connectivity index (χ1n) is 3.82. The topological polar surface area (TPSA) is 38.5 Å². The highest BCUT2D eigenvalue weighted by atomic mass is 16.7. The number of rotatable bonds is 3. The summed E-state index contributed by atoms with van der Waals surface area (Å²) >= 11 is 0. The van der Waals surface area contributed by atoms with Crippen LogP contribution in [0.15, 0.2) is 24.3 Å². The van der Waals surface area contributed by atoms with Crippen molar-refractivity contribution in [2.75, 3.05) is 19.9 Å². The second-order valence-corrected chi connectivity index (χ2v) is 2.71. The second-order valence-electron chi connectivity index (χ2n) is 2.71. The molecule has 3 nitrogen and oxygen atoms in total. The van der Waals surface area contributed by atoms with Crippen molar-refractivity contribution < 1.29 is 4.84 Å². The Morgan fingerprint density at radius 3 is 2.83 bits per heavy atom. The molecule has 0 saturated carbocycles. The highest BCUT2D eigenvalue weighted by molar-refractivity contribution is 5.40. The zero-order valence-corrected chi connectivity index (χ0v) is 7.45. The molecule has 66 valence electrons. The Kier molecular flexibility index (Phi) is 3.08. The van der Waals surface area contributed by atoms with Crippen molar-refractivity contribution >= 4 is 5.69 Å². The Morgan fingerprint density at radius 2 is 2.25 bits per heavy atom. The number of hydroxylamine groups is 2. The van der Waals surface area contributed by atoms with Crippen molar-refractivity contribution in [3.05, 3.63) is 29.8 Å². The SMILES string of the molecule is CON(C)Cc1cccc(N)c1. The predicted molar refractivity (Wildman–Crippen MR) is 49.3 cm³/mol. The number of benzene rings is 1. The van der Waals surface area contributed by atoms with E-state index in [1.165, 1.54) is 0 Å². The van der Waals surface area contributed by atoms with Gasteiger partial charge in [-0.3, -0.25) is 0 Å². The van der Waals surface area contributed by atoms with Gasteiger partial charge in [-0.1, -0.05) is 12.1 Å². The van der Waals surface area contributed by atoms with E-state index in [0.717, 1.165) is 17.8 Å². The van der Waals surface area contributed by atoms with Gasteiger partial charge in [-0.15, -0.1) is 0 Å². The fraction of sp³-hybridized carbons (Fsp3) is 0.333. The summed E-state index contributed by atoms with van der Waals surface area (Å²) in [5, 5.41) is 1.74. The van der Waals surface area contributed by atoms with E-state index in [9.17, 15) is 0 Å². The molecule has 12 heavy (non-hydrogen) atoms. The highest BCUT2D eigenvalue weighted by Crippen LogP contribution is 2.08. The summed E-state index contributed by atoms with van der Waals surface area (Å²) in [6.45, 7) is 0.752. The molecule has 1 rings (SSSR count). The van der Waals surface area contributed by atoms with E-state index in [0.29, 0.717) is 0 Å². The summed E-state index contributed by atoms with van der Waals surface area (Å²) in [7, 11) is 3.52. The Balaban J connectivity index is 2.63. The van der Waals surface area contributed by atoms with Crippen molar-refractivity contribution in [1.29, 1.82) is 0 Å². The molecule has 0 bridgehead atoms. The van der Waals surface area contributed by atoms with Crippen molar-refractivity contribution in [1.82, 2.24) is 5.06 Å². The lowest BCUT2D eigenvalue weighted by Crippen LogP contribution is -2.15. The van der Waals surface area contributed by atoms with Crippen molar-refractivity contribution in [2.24, 2.45) is 0 Å². The molecular weight excluding hydrogens is 152 g/mol. The van der Waals surface area contributed by atoms with E-state index in [2.05, 4.69) is 0 Å². The van der Waals surface area contributed by atoms with Crippen LogP contribution in [-0.4, -0.2) is 19.2 Å². The maximum absolute atomic E-state index is 5.62. The molecule has 1 aromatic carbocycles. The summed E-state index contributed by atoms with van der Waals surface area (Å²) in [5.74, 6) is 0. The van der Waals surface area contributed by atoms with Gasteiger partial charge in [-0.25, -0.2) is 0 Å². The molecule has 0 fully saturated rings. The van der Waals surface area contributed by atoms with Crippen LogP contribution in [0.25, 0.3) is 0 Å². The van der Waals surface area contributed by atoms with Crippen LogP contribution in [0, 0.1) is 0 Å². The zero-order chi connectivity index (χ0) is 8.97. The van der Waals surface area contributed by atoms with Gasteiger partial charge < -0.3 is 10.6 Å². The smallest absolute Gasteiger partial charge is 0.0575 e. The zero-order valence-electron chi connectivity index (χ0n) is 7.45. The molecule has 0 heterocycles. The Morgan fingerprint density at radius 1 is 1.50 bits per heavy atom. The lowest BCUT2D eigenvalue weighted by molar-refractivity contribution is -0.116. The summed E-state index contributed by atoms with van der Waals surface area (Å²) < 4.78 is 0. The molecule has 0 unspecified atom stereocenters. The van der Waals surface area contributed by atoms with Gasteiger partial charge in [-0.05, 0) is 17.7 Å². The number of hydrogen-bond donors (Lipinski definition) is 1. The van der Waals surface area contributed by atoms with E-state index < -0.39 is 0 Å². The normalized spacial score (nSPS) is 10.6. The molecule has 0 spiro atoms. The van der Waals surface area contributed by atoms with Crippen LogP contribution >= 0.6 is 0 Å². The number of nitrogen functional groups attached to an aromatic ring is 1. The van der Waals surface area contributed by atoms with Gasteiger partial charge in [0.25, 0.3) is 0 Å². The summed E-state index contributed by atoms with van der Waals surface area (Å²) in [6, 6.07) is 7.77. The first kappa shape index (κ1) is 9.03. The average molecular weight is 166 g/mol. The maximum atomic E-state index is 5.62. The molecule has 0 saturated heterocycles. The van der Waals surface area contributed by atoms with Crippen molar-refractivity contribution in [2.45, 2.75) is 6.54 Å². The molecule has 0 aliphatic rings. The lowest BCUT2D eigenvalue weighted by Gasteiger charge is -2.13. The summed E-state index contributed by atoms with van der Waals surface area (Å²) in [5.41, 5.74) is 7.56. The third-order valence-electron chi connectivity index (χ3n) is 1.67. The fourth-order valence-electron chi connectivity index (χ4n) is 1.01. The molecule has 2 N–H and O–H groups in total. The van der Waals surface area contributed by atoms with Gasteiger partial charge in [0.2, 0.25) is 0 Å². The third kappa shape index (κ3) is 2.53. The molecule has 0 aromatic heterocycles. The fourth-order valence-corrected chi connectivity index (χ4v) is 1.01. The van der Waals surface area contributed by atoms with Crippen LogP contribution in [0.1, 0.15) is 5.56 Å².